The van der Waals surface area contributed by atoms with E-state index >= 15 is 0 Å². The maximum atomic E-state index is 11.2. The monoisotopic (exact) mass is 223 g/mol. The van der Waals surface area contributed by atoms with Crippen LogP contribution < -0.4 is 10.5 Å². The molecular formula is C12H17NO3. The van der Waals surface area contributed by atoms with Crippen molar-refractivity contribution in [3.8, 4) is 5.75 Å². The molecular weight excluding hydrogens is 206 g/mol. The molecule has 1 aromatic rings. The van der Waals surface area contributed by atoms with E-state index in [0.29, 0.717) is 5.56 Å². The first kappa shape index (κ1) is 12.5. The van der Waals surface area contributed by atoms with E-state index in [1.807, 2.05) is 13.8 Å². The van der Waals surface area contributed by atoms with Crippen molar-refractivity contribution in [3.63, 3.8) is 0 Å². The summed E-state index contributed by atoms with van der Waals surface area (Å²) in [5.74, 6) is 0.313. The zero-order valence-electron chi connectivity index (χ0n) is 9.77. The van der Waals surface area contributed by atoms with Crippen LogP contribution in [0.25, 0.3) is 0 Å². The van der Waals surface area contributed by atoms with Crippen LogP contribution in [-0.4, -0.2) is 19.2 Å². The first-order valence-corrected chi connectivity index (χ1v) is 5.14. The van der Waals surface area contributed by atoms with Gasteiger partial charge in [0.25, 0.3) is 0 Å². The molecule has 0 spiro atoms. The van der Waals surface area contributed by atoms with Crippen LogP contribution >= 0.6 is 0 Å². The summed E-state index contributed by atoms with van der Waals surface area (Å²) < 4.78 is 10.0. The predicted molar refractivity (Wildman–Crippen MR) is 61.2 cm³/mol. The van der Waals surface area contributed by atoms with Crippen molar-refractivity contribution < 1.29 is 14.3 Å². The highest BCUT2D eigenvalue weighted by Crippen LogP contribution is 2.18. The molecule has 0 fully saturated rings. The van der Waals surface area contributed by atoms with Crippen molar-refractivity contribution in [1.82, 2.24) is 0 Å². The van der Waals surface area contributed by atoms with Crippen molar-refractivity contribution in [2.45, 2.75) is 26.0 Å². The second-order valence-corrected chi connectivity index (χ2v) is 3.74. The van der Waals surface area contributed by atoms with E-state index in [9.17, 15) is 4.79 Å². The average molecular weight is 223 g/mol. The summed E-state index contributed by atoms with van der Waals surface area (Å²) >= 11 is 0. The number of esters is 1. The smallest absolute Gasteiger partial charge is 0.327 e. The summed E-state index contributed by atoms with van der Waals surface area (Å²) in [6, 6.07) is 6.37. The number of nitrogens with two attached hydrogens (primary N) is 1. The van der Waals surface area contributed by atoms with Crippen LogP contribution in [0.1, 0.15) is 25.5 Å². The zero-order chi connectivity index (χ0) is 12.1. The van der Waals surface area contributed by atoms with E-state index < -0.39 is 12.0 Å². The molecule has 1 atom stereocenters. The lowest BCUT2D eigenvalue weighted by atomic mass is 10.1. The largest absolute Gasteiger partial charge is 0.491 e. The minimum absolute atomic E-state index is 0.125. The van der Waals surface area contributed by atoms with E-state index in [2.05, 4.69) is 4.74 Å². The Kier molecular flexibility index (Phi) is 4.31. The molecule has 0 heterocycles. The fourth-order valence-electron chi connectivity index (χ4n) is 1.29. The van der Waals surface area contributed by atoms with Gasteiger partial charge in [-0.25, -0.2) is 0 Å². The van der Waals surface area contributed by atoms with Crippen LogP contribution in [0.15, 0.2) is 24.3 Å². The van der Waals surface area contributed by atoms with E-state index in [4.69, 9.17) is 10.5 Å². The molecule has 4 nitrogen and oxygen atoms in total. The molecule has 0 aromatic heterocycles. The third kappa shape index (κ3) is 3.24. The van der Waals surface area contributed by atoms with E-state index in [1.165, 1.54) is 7.11 Å². The molecule has 0 aliphatic rings. The van der Waals surface area contributed by atoms with E-state index in [-0.39, 0.29) is 6.10 Å². The Balaban J connectivity index is 2.74. The number of hydrogen-bond acceptors (Lipinski definition) is 4. The van der Waals surface area contributed by atoms with Crippen LogP contribution in [0.5, 0.6) is 5.75 Å². The average Bonchev–Trinajstić information content (AvgIpc) is 2.27. The number of hydrogen-bond donors (Lipinski definition) is 1. The Bertz CT molecular complexity index is 346. The summed E-state index contributed by atoms with van der Waals surface area (Å²) in [5, 5.41) is 0. The number of ether oxygens (including phenoxy) is 2. The second-order valence-electron chi connectivity index (χ2n) is 3.74. The van der Waals surface area contributed by atoms with Crippen LogP contribution in [0.4, 0.5) is 0 Å². The lowest BCUT2D eigenvalue weighted by Gasteiger charge is -2.12. The van der Waals surface area contributed by atoms with Gasteiger partial charge in [0.1, 0.15) is 11.8 Å². The molecule has 88 valence electrons. The van der Waals surface area contributed by atoms with Crippen LogP contribution in [-0.2, 0) is 9.53 Å². The van der Waals surface area contributed by atoms with Gasteiger partial charge in [-0.2, -0.15) is 0 Å². The minimum atomic E-state index is -0.738. The first-order chi connectivity index (χ1) is 7.54. The minimum Gasteiger partial charge on any atom is -0.491 e. The van der Waals surface area contributed by atoms with Crippen molar-refractivity contribution in [3.05, 3.63) is 29.8 Å². The molecule has 0 radical (unpaired) electrons. The van der Waals surface area contributed by atoms with Crippen molar-refractivity contribution >= 4 is 5.97 Å². The van der Waals surface area contributed by atoms with Crippen LogP contribution in [0.3, 0.4) is 0 Å². The van der Waals surface area contributed by atoms with Gasteiger partial charge in [0.05, 0.1) is 13.2 Å². The standard InChI is InChI=1S/C12H17NO3/c1-8(2)16-10-6-4-9(5-7-10)11(13)12(14)15-3/h4-8,11H,13H2,1-3H3. The van der Waals surface area contributed by atoms with Gasteiger partial charge in [-0.15, -0.1) is 0 Å². The number of benzene rings is 1. The van der Waals surface area contributed by atoms with E-state index in [1.54, 1.807) is 24.3 Å². The Morgan fingerprint density at radius 1 is 1.25 bits per heavy atom. The van der Waals surface area contributed by atoms with Gasteiger partial charge in [-0.1, -0.05) is 12.1 Å². The lowest BCUT2D eigenvalue weighted by Crippen LogP contribution is -2.22. The highest BCUT2D eigenvalue weighted by molar-refractivity contribution is 5.77. The molecule has 4 heteroatoms. The normalized spacial score (nSPS) is 12.3. The molecule has 0 aliphatic heterocycles. The molecule has 0 bridgehead atoms. The number of carbonyl (C=O) groups is 1. The fourth-order valence-corrected chi connectivity index (χ4v) is 1.29. The molecule has 16 heavy (non-hydrogen) atoms. The molecule has 0 saturated heterocycles. The lowest BCUT2D eigenvalue weighted by molar-refractivity contribution is -0.142. The third-order valence-corrected chi connectivity index (χ3v) is 2.07. The van der Waals surface area contributed by atoms with Gasteiger partial charge in [-0.3, -0.25) is 4.79 Å². The van der Waals surface area contributed by atoms with Gasteiger partial charge < -0.3 is 15.2 Å². The van der Waals surface area contributed by atoms with Crippen molar-refractivity contribution in [2.24, 2.45) is 5.73 Å². The fraction of sp³-hybridized carbons (Fsp3) is 0.417. The van der Waals surface area contributed by atoms with Gasteiger partial charge in [0, 0.05) is 0 Å². The van der Waals surface area contributed by atoms with Gasteiger partial charge in [-0.05, 0) is 31.5 Å². The summed E-state index contributed by atoms with van der Waals surface area (Å²) in [4.78, 5) is 11.2. The molecule has 0 aliphatic carbocycles. The zero-order valence-corrected chi connectivity index (χ0v) is 9.77. The molecule has 1 rings (SSSR count). The Morgan fingerprint density at radius 3 is 2.25 bits per heavy atom. The quantitative estimate of drug-likeness (QED) is 0.788. The number of methoxy groups -OCH3 is 1. The first-order valence-electron chi connectivity index (χ1n) is 5.14. The predicted octanol–water partition coefficient (Wildman–Crippen LogP) is 1.65. The maximum Gasteiger partial charge on any atom is 0.327 e. The Morgan fingerprint density at radius 2 is 1.81 bits per heavy atom. The van der Waals surface area contributed by atoms with E-state index in [0.717, 1.165) is 5.75 Å². The summed E-state index contributed by atoms with van der Waals surface area (Å²) in [6.07, 6.45) is 0.125. The molecule has 2 N–H and O–H groups in total. The molecule has 1 unspecified atom stereocenters. The summed E-state index contributed by atoms with van der Waals surface area (Å²) in [7, 11) is 1.32. The maximum absolute atomic E-state index is 11.2. The van der Waals surface area contributed by atoms with Crippen LogP contribution in [0.2, 0.25) is 0 Å². The Labute approximate surface area is 95.3 Å². The topological polar surface area (TPSA) is 61.5 Å². The molecule has 0 amide bonds. The Hall–Kier alpha value is -1.55. The number of rotatable bonds is 4. The second kappa shape index (κ2) is 5.51. The third-order valence-electron chi connectivity index (χ3n) is 2.07. The summed E-state index contributed by atoms with van der Waals surface area (Å²) in [5.41, 5.74) is 6.40. The van der Waals surface area contributed by atoms with Crippen molar-refractivity contribution in [2.75, 3.05) is 7.11 Å². The SMILES string of the molecule is COC(=O)C(N)c1ccc(OC(C)C)cc1. The highest BCUT2D eigenvalue weighted by atomic mass is 16.5. The number of carbonyl (C=O) groups excluding carboxylic acids is 1. The summed E-state index contributed by atoms with van der Waals surface area (Å²) in [6.45, 7) is 3.90. The van der Waals surface area contributed by atoms with Crippen LogP contribution in [0, 0.1) is 0 Å². The van der Waals surface area contributed by atoms with Gasteiger partial charge >= 0.3 is 5.97 Å². The molecule has 0 saturated carbocycles. The van der Waals surface area contributed by atoms with Gasteiger partial charge in [0.15, 0.2) is 0 Å². The molecule has 1 aromatic carbocycles. The highest BCUT2D eigenvalue weighted by Gasteiger charge is 2.15. The van der Waals surface area contributed by atoms with Crippen molar-refractivity contribution in [1.29, 1.82) is 0 Å². The van der Waals surface area contributed by atoms with Gasteiger partial charge in [0.2, 0.25) is 0 Å².